The van der Waals surface area contributed by atoms with E-state index in [4.69, 9.17) is 0 Å². The van der Waals surface area contributed by atoms with Crippen molar-refractivity contribution in [3.05, 3.63) is 59.8 Å². The lowest BCUT2D eigenvalue weighted by Gasteiger charge is -1.99. The number of carbonyl (C=O) groups is 1. The molecule has 0 spiro atoms. The van der Waals surface area contributed by atoms with Crippen molar-refractivity contribution in [1.29, 1.82) is 0 Å². The third-order valence-electron chi connectivity index (χ3n) is 3.71. The summed E-state index contributed by atoms with van der Waals surface area (Å²) in [5.41, 5.74) is 3.99. The molecule has 2 aromatic carbocycles. The van der Waals surface area contributed by atoms with Crippen molar-refractivity contribution in [1.82, 2.24) is 4.98 Å². The Hall–Kier alpha value is -3.01. The van der Waals surface area contributed by atoms with Gasteiger partial charge in [0.15, 0.2) is 0 Å². The number of carbonyl (C=O) groups excluding carboxylic acids is 1. The number of aromatic hydroxyl groups is 1. The lowest BCUT2D eigenvalue weighted by Crippen LogP contribution is -2.03. The van der Waals surface area contributed by atoms with Crippen LogP contribution in [0.15, 0.2) is 48.7 Å². The van der Waals surface area contributed by atoms with E-state index in [1.807, 2.05) is 36.5 Å². The number of aromatic nitrogens is 1. The second-order valence-electron chi connectivity index (χ2n) is 5.03. The van der Waals surface area contributed by atoms with Crippen molar-refractivity contribution in [2.24, 2.45) is 0 Å². The summed E-state index contributed by atoms with van der Waals surface area (Å²) in [6.45, 7) is 0. The Balaban J connectivity index is 1.90. The zero-order valence-electron chi connectivity index (χ0n) is 11.1. The fourth-order valence-corrected chi connectivity index (χ4v) is 2.69. The van der Waals surface area contributed by atoms with Gasteiger partial charge in [-0.05, 0) is 30.3 Å². The van der Waals surface area contributed by atoms with E-state index in [1.54, 1.807) is 18.2 Å². The first-order chi connectivity index (χ1) is 10.2. The number of amides is 1. The Bertz CT molecular complexity index is 906. The van der Waals surface area contributed by atoms with Crippen LogP contribution in [0.3, 0.4) is 0 Å². The Labute approximate surface area is 120 Å². The molecule has 4 nitrogen and oxygen atoms in total. The van der Waals surface area contributed by atoms with Crippen LogP contribution in [0.4, 0.5) is 5.69 Å². The number of rotatable bonds is 1. The molecule has 0 atom stereocenters. The maximum absolute atomic E-state index is 12.1. The molecule has 0 saturated heterocycles. The van der Waals surface area contributed by atoms with Crippen molar-refractivity contribution in [2.45, 2.75) is 0 Å². The second kappa shape index (κ2) is 4.24. The molecule has 0 saturated carbocycles. The van der Waals surface area contributed by atoms with Crippen LogP contribution in [0.25, 0.3) is 22.6 Å². The molecule has 0 aliphatic carbocycles. The lowest BCUT2D eigenvalue weighted by atomic mass is 10.0. The minimum Gasteiger partial charge on any atom is -0.508 e. The third kappa shape index (κ3) is 1.80. The number of benzene rings is 2. The Morgan fingerprint density at radius 2 is 1.95 bits per heavy atom. The van der Waals surface area contributed by atoms with Crippen molar-refractivity contribution >= 4 is 34.1 Å². The number of anilines is 1. The molecule has 21 heavy (non-hydrogen) atoms. The normalized spacial score (nSPS) is 15.4. The van der Waals surface area contributed by atoms with Crippen LogP contribution in [-0.4, -0.2) is 16.0 Å². The summed E-state index contributed by atoms with van der Waals surface area (Å²) >= 11 is 0. The standard InChI is InChI=1S/C17H12N2O2/c20-11-5-6-16-13(8-11)14(17(21)19-16)7-10-9-18-15-4-2-1-3-12(10)15/h1-9,18,20H,(H,19,21). The average molecular weight is 276 g/mol. The topological polar surface area (TPSA) is 65.1 Å². The third-order valence-corrected chi connectivity index (χ3v) is 3.71. The van der Waals surface area contributed by atoms with E-state index in [-0.39, 0.29) is 11.7 Å². The van der Waals surface area contributed by atoms with E-state index in [0.29, 0.717) is 5.57 Å². The number of fused-ring (bicyclic) bond motifs is 2. The molecule has 0 unspecified atom stereocenters. The van der Waals surface area contributed by atoms with Gasteiger partial charge >= 0.3 is 0 Å². The minimum atomic E-state index is -0.152. The van der Waals surface area contributed by atoms with Crippen LogP contribution in [0.5, 0.6) is 5.75 Å². The molecule has 102 valence electrons. The molecular formula is C17H12N2O2. The van der Waals surface area contributed by atoms with Crippen LogP contribution in [0.2, 0.25) is 0 Å². The number of nitrogens with one attached hydrogen (secondary N) is 2. The van der Waals surface area contributed by atoms with Crippen molar-refractivity contribution in [2.75, 3.05) is 5.32 Å². The van der Waals surface area contributed by atoms with Crippen molar-refractivity contribution in [3.8, 4) is 5.75 Å². The van der Waals surface area contributed by atoms with Gasteiger partial charge in [0.25, 0.3) is 5.91 Å². The van der Waals surface area contributed by atoms with E-state index in [9.17, 15) is 9.90 Å². The number of aromatic amines is 1. The van der Waals surface area contributed by atoms with Crippen LogP contribution in [0, 0.1) is 0 Å². The van der Waals surface area contributed by atoms with Gasteiger partial charge in [0.2, 0.25) is 0 Å². The highest BCUT2D eigenvalue weighted by molar-refractivity contribution is 6.35. The van der Waals surface area contributed by atoms with Crippen LogP contribution < -0.4 is 5.32 Å². The number of para-hydroxylation sites is 1. The number of phenolic OH excluding ortho intramolecular Hbond substituents is 1. The smallest absolute Gasteiger partial charge is 0.256 e. The Kier molecular flexibility index (Phi) is 2.38. The van der Waals surface area contributed by atoms with Crippen molar-refractivity contribution < 1.29 is 9.90 Å². The molecule has 3 aromatic rings. The number of phenols is 1. The zero-order valence-corrected chi connectivity index (χ0v) is 11.1. The van der Waals surface area contributed by atoms with Crippen LogP contribution in [-0.2, 0) is 4.79 Å². The van der Waals surface area contributed by atoms with Gasteiger partial charge in [-0.2, -0.15) is 0 Å². The predicted molar refractivity (Wildman–Crippen MR) is 82.9 cm³/mol. The quantitative estimate of drug-likeness (QED) is 0.471. The first-order valence-electron chi connectivity index (χ1n) is 6.65. The summed E-state index contributed by atoms with van der Waals surface area (Å²) in [5, 5.41) is 13.5. The molecule has 4 heteroatoms. The van der Waals surface area contributed by atoms with Crippen molar-refractivity contribution in [3.63, 3.8) is 0 Å². The summed E-state index contributed by atoms with van der Waals surface area (Å²) < 4.78 is 0. The molecule has 4 rings (SSSR count). The molecule has 0 bridgehead atoms. The molecular weight excluding hydrogens is 264 g/mol. The zero-order chi connectivity index (χ0) is 14.4. The van der Waals surface area contributed by atoms with Crippen LogP contribution >= 0.6 is 0 Å². The molecule has 1 aromatic heterocycles. The molecule has 3 N–H and O–H groups in total. The molecule has 0 radical (unpaired) electrons. The van der Waals surface area contributed by atoms with Gasteiger partial charge in [0, 0.05) is 39.5 Å². The lowest BCUT2D eigenvalue weighted by molar-refractivity contribution is -0.110. The monoisotopic (exact) mass is 276 g/mol. The second-order valence-corrected chi connectivity index (χ2v) is 5.03. The first kappa shape index (κ1) is 11.8. The number of H-pyrrole nitrogens is 1. The molecule has 1 aliphatic heterocycles. The highest BCUT2D eigenvalue weighted by Crippen LogP contribution is 2.36. The maximum Gasteiger partial charge on any atom is 0.256 e. The van der Waals surface area contributed by atoms with E-state index >= 15 is 0 Å². The number of hydrogen-bond acceptors (Lipinski definition) is 2. The summed E-state index contributed by atoms with van der Waals surface area (Å²) in [6.07, 6.45) is 3.73. The highest BCUT2D eigenvalue weighted by atomic mass is 16.3. The minimum absolute atomic E-state index is 0.148. The first-order valence-corrected chi connectivity index (χ1v) is 6.65. The largest absolute Gasteiger partial charge is 0.508 e. The molecule has 1 amide bonds. The van der Waals surface area contributed by atoms with Gasteiger partial charge in [-0.3, -0.25) is 4.79 Å². The van der Waals surface area contributed by atoms with Crippen LogP contribution in [0.1, 0.15) is 11.1 Å². The van der Waals surface area contributed by atoms with Gasteiger partial charge in [-0.1, -0.05) is 18.2 Å². The fraction of sp³-hybridized carbons (Fsp3) is 0. The molecule has 2 heterocycles. The Morgan fingerprint density at radius 1 is 1.10 bits per heavy atom. The van der Waals surface area contributed by atoms with E-state index in [1.165, 1.54) is 0 Å². The van der Waals surface area contributed by atoms with Gasteiger partial charge < -0.3 is 15.4 Å². The van der Waals surface area contributed by atoms with E-state index in [0.717, 1.165) is 27.7 Å². The summed E-state index contributed by atoms with van der Waals surface area (Å²) in [6, 6.07) is 12.8. The number of hydrogen-bond donors (Lipinski definition) is 3. The summed E-state index contributed by atoms with van der Waals surface area (Å²) in [4.78, 5) is 15.3. The summed E-state index contributed by atoms with van der Waals surface area (Å²) in [5.74, 6) is -0.00374. The van der Waals surface area contributed by atoms with Gasteiger partial charge in [0.1, 0.15) is 5.75 Å². The molecule has 1 aliphatic rings. The fourth-order valence-electron chi connectivity index (χ4n) is 2.69. The van der Waals surface area contributed by atoms with E-state index in [2.05, 4.69) is 10.3 Å². The van der Waals surface area contributed by atoms with E-state index < -0.39 is 0 Å². The van der Waals surface area contributed by atoms with Gasteiger partial charge in [-0.25, -0.2) is 0 Å². The predicted octanol–water partition coefficient (Wildman–Crippen LogP) is 3.37. The van der Waals surface area contributed by atoms with Gasteiger partial charge in [0.05, 0.1) is 0 Å². The van der Waals surface area contributed by atoms with Gasteiger partial charge in [-0.15, -0.1) is 0 Å². The average Bonchev–Trinajstić information content (AvgIpc) is 3.02. The summed E-state index contributed by atoms with van der Waals surface area (Å²) in [7, 11) is 0. The highest BCUT2D eigenvalue weighted by Gasteiger charge is 2.24. The molecule has 0 fully saturated rings. The Morgan fingerprint density at radius 3 is 2.86 bits per heavy atom. The maximum atomic E-state index is 12.1. The SMILES string of the molecule is O=C1Nc2ccc(O)cc2C1=Cc1c[nH]c2ccccc12.